The van der Waals surface area contributed by atoms with Crippen molar-refractivity contribution in [1.29, 1.82) is 0 Å². The largest absolute Gasteiger partial charge is 0.317 e. The van der Waals surface area contributed by atoms with Crippen molar-refractivity contribution < 1.29 is 4.79 Å². The number of Topliss-reactive ketones (excluding diaryl/α,β-unsaturated/α-hetero) is 1. The van der Waals surface area contributed by atoms with Gasteiger partial charge in [-0.1, -0.05) is 0 Å². The topological polar surface area (TPSA) is 29.1 Å². The maximum Gasteiger partial charge on any atom is 0.175 e. The standard InChI is InChI=1S/C11H15NOS.ClH/c1-8-2-3-10(14-8)11(13)9-4-6-12-7-5-9;/h2-3,9,12H,4-7H2,1H3;1H. The molecular weight excluding hydrogens is 230 g/mol. The molecule has 0 spiro atoms. The molecule has 84 valence electrons. The lowest BCUT2D eigenvalue weighted by Crippen LogP contribution is -2.31. The van der Waals surface area contributed by atoms with Crippen molar-refractivity contribution in [3.05, 3.63) is 21.9 Å². The fourth-order valence-electron chi connectivity index (χ4n) is 1.85. The minimum atomic E-state index is 0. The van der Waals surface area contributed by atoms with Gasteiger partial charge in [0.2, 0.25) is 0 Å². The van der Waals surface area contributed by atoms with E-state index in [4.69, 9.17) is 0 Å². The Balaban J connectivity index is 0.00000112. The average Bonchev–Trinajstić information content (AvgIpc) is 2.65. The Morgan fingerprint density at radius 3 is 2.60 bits per heavy atom. The summed E-state index contributed by atoms with van der Waals surface area (Å²) < 4.78 is 0. The van der Waals surface area contributed by atoms with E-state index in [0.717, 1.165) is 30.8 Å². The molecule has 1 aliphatic rings. The van der Waals surface area contributed by atoms with Crippen molar-refractivity contribution in [2.24, 2.45) is 5.92 Å². The Kier molecular flexibility index (Phi) is 4.77. The Labute approximate surface area is 100 Å². The summed E-state index contributed by atoms with van der Waals surface area (Å²) in [6.07, 6.45) is 1.99. The first kappa shape index (κ1) is 12.7. The molecule has 1 aromatic rings. The fourth-order valence-corrected chi connectivity index (χ4v) is 2.74. The lowest BCUT2D eigenvalue weighted by Gasteiger charge is -2.20. The van der Waals surface area contributed by atoms with Gasteiger partial charge in [0.05, 0.1) is 4.88 Å². The molecule has 4 heteroatoms. The zero-order chi connectivity index (χ0) is 9.97. The third-order valence-corrected chi connectivity index (χ3v) is 3.71. The molecule has 0 amide bonds. The first-order chi connectivity index (χ1) is 6.77. The zero-order valence-corrected chi connectivity index (χ0v) is 10.4. The van der Waals surface area contributed by atoms with Crippen LogP contribution in [0.25, 0.3) is 0 Å². The van der Waals surface area contributed by atoms with Gasteiger partial charge in [-0.2, -0.15) is 0 Å². The summed E-state index contributed by atoms with van der Waals surface area (Å²) >= 11 is 1.62. The number of halogens is 1. The Hall–Kier alpha value is -0.380. The maximum atomic E-state index is 12.0. The number of ketones is 1. The van der Waals surface area contributed by atoms with E-state index < -0.39 is 0 Å². The van der Waals surface area contributed by atoms with E-state index in [1.54, 1.807) is 11.3 Å². The number of hydrogen-bond acceptors (Lipinski definition) is 3. The van der Waals surface area contributed by atoms with Crippen molar-refractivity contribution in [3.63, 3.8) is 0 Å². The van der Waals surface area contributed by atoms with Crippen molar-refractivity contribution in [2.45, 2.75) is 19.8 Å². The van der Waals surface area contributed by atoms with Crippen LogP contribution in [-0.2, 0) is 0 Å². The van der Waals surface area contributed by atoms with Gasteiger partial charge in [0.1, 0.15) is 0 Å². The normalized spacial score (nSPS) is 17.1. The average molecular weight is 246 g/mol. The van der Waals surface area contributed by atoms with E-state index in [0.29, 0.717) is 5.78 Å². The number of rotatable bonds is 2. The zero-order valence-electron chi connectivity index (χ0n) is 8.79. The van der Waals surface area contributed by atoms with Crippen LogP contribution < -0.4 is 5.32 Å². The Morgan fingerprint density at radius 1 is 1.40 bits per heavy atom. The lowest BCUT2D eigenvalue weighted by atomic mass is 9.93. The predicted octanol–water partition coefficient (Wildman–Crippen LogP) is 2.66. The second kappa shape index (κ2) is 5.64. The van der Waals surface area contributed by atoms with Crippen LogP contribution in [0.4, 0.5) is 0 Å². The Bertz CT molecular complexity index is 331. The van der Waals surface area contributed by atoms with E-state index in [1.165, 1.54) is 4.88 Å². The number of carbonyl (C=O) groups excluding carboxylic acids is 1. The van der Waals surface area contributed by atoms with Crippen LogP contribution in [-0.4, -0.2) is 18.9 Å². The van der Waals surface area contributed by atoms with Crippen LogP contribution in [0.3, 0.4) is 0 Å². The van der Waals surface area contributed by atoms with Gasteiger partial charge in [-0.25, -0.2) is 0 Å². The molecule has 1 saturated heterocycles. The van der Waals surface area contributed by atoms with Crippen LogP contribution in [0, 0.1) is 12.8 Å². The van der Waals surface area contributed by atoms with Crippen molar-refractivity contribution in [1.82, 2.24) is 5.32 Å². The molecule has 0 unspecified atom stereocenters. The highest BCUT2D eigenvalue weighted by Gasteiger charge is 2.22. The first-order valence-corrected chi connectivity index (χ1v) is 5.90. The van der Waals surface area contributed by atoms with Gasteiger partial charge in [0, 0.05) is 10.8 Å². The van der Waals surface area contributed by atoms with E-state index in [-0.39, 0.29) is 18.3 Å². The van der Waals surface area contributed by atoms with Gasteiger partial charge < -0.3 is 5.32 Å². The van der Waals surface area contributed by atoms with Crippen LogP contribution in [0.5, 0.6) is 0 Å². The van der Waals surface area contributed by atoms with Crippen molar-refractivity contribution in [3.8, 4) is 0 Å². The van der Waals surface area contributed by atoms with Gasteiger partial charge in [-0.05, 0) is 45.0 Å². The number of hydrogen-bond donors (Lipinski definition) is 1. The maximum absolute atomic E-state index is 12.0. The summed E-state index contributed by atoms with van der Waals surface area (Å²) in [5, 5.41) is 3.28. The highest BCUT2D eigenvalue weighted by atomic mass is 35.5. The van der Waals surface area contributed by atoms with Crippen LogP contribution in [0.2, 0.25) is 0 Å². The summed E-state index contributed by atoms with van der Waals surface area (Å²) in [7, 11) is 0. The quantitative estimate of drug-likeness (QED) is 0.812. The molecule has 0 saturated carbocycles. The molecule has 1 N–H and O–H groups in total. The highest BCUT2D eigenvalue weighted by Crippen LogP contribution is 2.23. The molecule has 1 fully saturated rings. The van der Waals surface area contributed by atoms with Gasteiger partial charge >= 0.3 is 0 Å². The Morgan fingerprint density at radius 2 is 2.07 bits per heavy atom. The van der Waals surface area contributed by atoms with E-state index in [1.807, 2.05) is 19.1 Å². The molecule has 0 radical (unpaired) electrons. The van der Waals surface area contributed by atoms with Gasteiger partial charge in [-0.3, -0.25) is 4.79 Å². The first-order valence-electron chi connectivity index (χ1n) is 5.09. The van der Waals surface area contributed by atoms with Crippen LogP contribution in [0.15, 0.2) is 12.1 Å². The minimum absolute atomic E-state index is 0. The second-order valence-corrected chi connectivity index (χ2v) is 5.09. The molecule has 2 rings (SSSR count). The SMILES string of the molecule is Cc1ccc(C(=O)C2CCNCC2)s1.Cl. The summed E-state index contributed by atoms with van der Waals surface area (Å²) in [5.41, 5.74) is 0. The van der Waals surface area contributed by atoms with Crippen molar-refractivity contribution >= 4 is 29.5 Å². The predicted molar refractivity (Wildman–Crippen MR) is 66.2 cm³/mol. The summed E-state index contributed by atoms with van der Waals surface area (Å²) in [6.45, 7) is 4.02. The van der Waals surface area contributed by atoms with Crippen molar-refractivity contribution in [2.75, 3.05) is 13.1 Å². The monoisotopic (exact) mass is 245 g/mol. The molecule has 0 bridgehead atoms. The second-order valence-electron chi connectivity index (χ2n) is 3.80. The van der Waals surface area contributed by atoms with E-state index in [2.05, 4.69) is 5.32 Å². The van der Waals surface area contributed by atoms with Gasteiger partial charge in [-0.15, -0.1) is 23.7 Å². The summed E-state index contributed by atoms with van der Waals surface area (Å²) in [4.78, 5) is 14.2. The number of carbonyl (C=O) groups is 1. The third kappa shape index (κ3) is 3.03. The van der Waals surface area contributed by atoms with Crippen LogP contribution in [0.1, 0.15) is 27.4 Å². The third-order valence-electron chi connectivity index (χ3n) is 2.69. The molecule has 1 aliphatic heterocycles. The van der Waals surface area contributed by atoms with E-state index >= 15 is 0 Å². The fraction of sp³-hybridized carbons (Fsp3) is 0.545. The molecule has 2 nitrogen and oxygen atoms in total. The van der Waals surface area contributed by atoms with Gasteiger partial charge in [0.25, 0.3) is 0 Å². The molecule has 0 aromatic carbocycles. The van der Waals surface area contributed by atoms with Gasteiger partial charge in [0.15, 0.2) is 5.78 Å². The van der Waals surface area contributed by atoms with Crippen LogP contribution >= 0.6 is 23.7 Å². The number of nitrogens with one attached hydrogen (secondary N) is 1. The lowest BCUT2D eigenvalue weighted by molar-refractivity contribution is 0.0899. The molecular formula is C11H16ClNOS. The van der Waals surface area contributed by atoms with E-state index in [9.17, 15) is 4.79 Å². The summed E-state index contributed by atoms with van der Waals surface area (Å²) in [6, 6.07) is 3.99. The molecule has 0 aliphatic carbocycles. The number of thiophene rings is 1. The minimum Gasteiger partial charge on any atom is -0.317 e. The molecule has 1 aromatic heterocycles. The molecule has 2 heterocycles. The number of piperidine rings is 1. The number of aryl methyl sites for hydroxylation is 1. The highest BCUT2D eigenvalue weighted by molar-refractivity contribution is 7.14. The summed E-state index contributed by atoms with van der Waals surface area (Å²) in [5.74, 6) is 0.610. The smallest absolute Gasteiger partial charge is 0.175 e. The molecule has 0 atom stereocenters. The molecule has 15 heavy (non-hydrogen) atoms.